The van der Waals surface area contributed by atoms with Crippen LogP contribution in [0.1, 0.15) is 5.56 Å². The number of nitrogens with one attached hydrogen (secondary N) is 1. The van der Waals surface area contributed by atoms with Gasteiger partial charge < -0.3 is 9.47 Å². The van der Waals surface area contributed by atoms with Gasteiger partial charge in [-0.3, -0.25) is 14.3 Å². The van der Waals surface area contributed by atoms with Crippen molar-refractivity contribution >= 4 is 35.5 Å². The fraction of sp³-hybridized carbons (Fsp3) is 0.125. The molecule has 0 spiro atoms. The van der Waals surface area contributed by atoms with Crippen LogP contribution < -0.4 is 14.9 Å². The van der Waals surface area contributed by atoms with Crippen LogP contribution in [0.4, 0.5) is 0 Å². The molecule has 2 aromatic heterocycles. The number of rotatable bonds is 9. The Bertz CT molecular complexity index is 1330. The smallest absolute Gasteiger partial charge is 0.250 e. The third-order valence-corrected chi connectivity index (χ3v) is 6.00. The molecule has 0 atom stereocenters. The largest absolute Gasteiger partial charge is 0.497 e. The normalized spacial score (nSPS) is 10.9. The maximum atomic E-state index is 12.5. The van der Waals surface area contributed by atoms with Crippen LogP contribution in [0, 0.1) is 0 Å². The highest BCUT2D eigenvalue weighted by molar-refractivity contribution is 7.99. The average Bonchev–Trinajstić information content (AvgIpc) is 3.32. The second kappa shape index (κ2) is 11.5. The van der Waals surface area contributed by atoms with Crippen LogP contribution in [-0.4, -0.2) is 51.8 Å². The molecule has 1 amide bonds. The number of pyridine rings is 1. The summed E-state index contributed by atoms with van der Waals surface area (Å²) in [4.78, 5) is 16.5. The Morgan fingerprint density at radius 3 is 2.57 bits per heavy atom. The van der Waals surface area contributed by atoms with Gasteiger partial charge in [0.25, 0.3) is 5.91 Å². The minimum absolute atomic E-state index is 0.0780. The number of amides is 1. The highest BCUT2D eigenvalue weighted by atomic mass is 35.5. The van der Waals surface area contributed by atoms with E-state index in [0.717, 1.165) is 11.3 Å². The number of nitrogens with zero attached hydrogens (tertiary/aromatic N) is 5. The van der Waals surface area contributed by atoms with E-state index < -0.39 is 0 Å². The quantitative estimate of drug-likeness (QED) is 0.205. The molecule has 4 rings (SSSR count). The lowest BCUT2D eigenvalue weighted by molar-refractivity contribution is -0.118. The molecule has 2 heterocycles. The Kier molecular flexibility index (Phi) is 7.96. The van der Waals surface area contributed by atoms with Crippen molar-refractivity contribution in [3.8, 4) is 28.6 Å². The maximum Gasteiger partial charge on any atom is 0.250 e. The average molecular weight is 509 g/mol. The zero-order chi connectivity index (χ0) is 24.6. The van der Waals surface area contributed by atoms with Gasteiger partial charge >= 0.3 is 0 Å². The Morgan fingerprint density at radius 2 is 1.86 bits per heavy atom. The molecule has 0 unspecified atom stereocenters. The molecule has 2 aromatic carbocycles. The summed E-state index contributed by atoms with van der Waals surface area (Å²) in [6.45, 7) is 0. The second-order valence-corrected chi connectivity index (χ2v) is 8.42. The first-order chi connectivity index (χ1) is 17.1. The van der Waals surface area contributed by atoms with Gasteiger partial charge in [0.1, 0.15) is 11.5 Å². The predicted molar refractivity (Wildman–Crippen MR) is 136 cm³/mol. The molecule has 0 saturated heterocycles. The number of hydrogen-bond donors (Lipinski definition) is 1. The number of ether oxygens (including phenoxy) is 2. The molecular formula is C24H21ClN6O3S. The molecule has 0 aliphatic rings. The van der Waals surface area contributed by atoms with E-state index in [1.165, 1.54) is 18.0 Å². The number of halogens is 1. The highest BCUT2D eigenvalue weighted by Crippen LogP contribution is 2.28. The molecule has 0 aliphatic heterocycles. The highest BCUT2D eigenvalue weighted by Gasteiger charge is 2.17. The summed E-state index contributed by atoms with van der Waals surface area (Å²) in [6.07, 6.45) is 4.87. The van der Waals surface area contributed by atoms with Crippen LogP contribution in [-0.2, 0) is 4.79 Å². The van der Waals surface area contributed by atoms with Crippen molar-refractivity contribution in [2.75, 3.05) is 20.0 Å². The molecule has 0 bridgehead atoms. The van der Waals surface area contributed by atoms with Gasteiger partial charge in [0.15, 0.2) is 11.0 Å². The van der Waals surface area contributed by atoms with Crippen LogP contribution in [0.25, 0.3) is 17.1 Å². The van der Waals surface area contributed by atoms with Crippen LogP contribution >= 0.6 is 23.4 Å². The van der Waals surface area contributed by atoms with E-state index in [-0.39, 0.29) is 11.7 Å². The van der Waals surface area contributed by atoms with Crippen LogP contribution in [0.3, 0.4) is 0 Å². The summed E-state index contributed by atoms with van der Waals surface area (Å²) in [5.74, 6) is 1.66. The third-order valence-electron chi connectivity index (χ3n) is 4.82. The Hall–Kier alpha value is -3.89. The first kappa shape index (κ1) is 24.2. The van der Waals surface area contributed by atoms with Crippen molar-refractivity contribution in [2.24, 2.45) is 5.10 Å². The number of aromatic nitrogens is 4. The lowest BCUT2D eigenvalue weighted by atomic mass is 10.2. The summed E-state index contributed by atoms with van der Waals surface area (Å²) in [5, 5.41) is 13.9. The van der Waals surface area contributed by atoms with Crippen molar-refractivity contribution in [1.29, 1.82) is 0 Å². The van der Waals surface area contributed by atoms with Gasteiger partial charge in [0, 0.05) is 34.2 Å². The minimum Gasteiger partial charge on any atom is -0.497 e. The van der Waals surface area contributed by atoms with E-state index in [1.807, 2.05) is 28.8 Å². The standard InChI is InChI=1S/C24H21ClN6O3S/c1-33-20-7-8-21(34-2)17(13-20)14-27-28-22(32)15-35-24-30-29-23(16-9-11-26-12-10-16)31(24)19-5-3-18(25)4-6-19/h3-14H,15H2,1-2H3,(H,28,32). The van der Waals surface area contributed by atoms with E-state index >= 15 is 0 Å². The number of benzene rings is 2. The van der Waals surface area contributed by atoms with E-state index in [2.05, 4.69) is 25.7 Å². The Labute approximate surface area is 211 Å². The molecule has 0 radical (unpaired) electrons. The molecule has 35 heavy (non-hydrogen) atoms. The summed E-state index contributed by atoms with van der Waals surface area (Å²) in [5.41, 5.74) is 4.86. The third kappa shape index (κ3) is 5.97. The summed E-state index contributed by atoms with van der Waals surface area (Å²) >= 11 is 7.31. The van der Waals surface area contributed by atoms with Gasteiger partial charge in [-0.25, -0.2) is 5.43 Å². The van der Waals surface area contributed by atoms with Gasteiger partial charge in [-0.1, -0.05) is 23.4 Å². The van der Waals surface area contributed by atoms with E-state index in [0.29, 0.717) is 33.1 Å². The van der Waals surface area contributed by atoms with E-state index in [9.17, 15) is 4.79 Å². The SMILES string of the molecule is COc1ccc(OC)c(C=NNC(=O)CSc2nnc(-c3ccncc3)n2-c2ccc(Cl)cc2)c1. The summed E-state index contributed by atoms with van der Waals surface area (Å²) in [7, 11) is 3.13. The minimum atomic E-state index is -0.302. The fourth-order valence-corrected chi connectivity index (χ4v) is 4.02. The Morgan fingerprint density at radius 1 is 1.09 bits per heavy atom. The monoisotopic (exact) mass is 508 g/mol. The molecule has 0 fully saturated rings. The Balaban J connectivity index is 1.49. The van der Waals surface area contributed by atoms with Gasteiger partial charge in [0.2, 0.25) is 0 Å². The molecule has 11 heteroatoms. The second-order valence-electron chi connectivity index (χ2n) is 7.04. The molecule has 178 valence electrons. The first-order valence-electron chi connectivity index (χ1n) is 10.4. The number of thioether (sulfide) groups is 1. The molecule has 0 aliphatic carbocycles. The zero-order valence-electron chi connectivity index (χ0n) is 18.9. The maximum absolute atomic E-state index is 12.5. The van der Waals surface area contributed by atoms with Crippen molar-refractivity contribution in [3.63, 3.8) is 0 Å². The van der Waals surface area contributed by atoms with E-state index in [1.54, 1.807) is 56.9 Å². The number of carbonyl (C=O) groups excluding carboxylic acids is 1. The van der Waals surface area contributed by atoms with Crippen molar-refractivity contribution in [2.45, 2.75) is 5.16 Å². The summed E-state index contributed by atoms with van der Waals surface area (Å²) < 4.78 is 12.4. The van der Waals surface area contributed by atoms with Gasteiger partial charge in [-0.05, 0) is 54.6 Å². The number of methoxy groups -OCH3 is 2. The molecule has 1 N–H and O–H groups in total. The van der Waals surface area contributed by atoms with Crippen LogP contribution in [0.2, 0.25) is 5.02 Å². The topological polar surface area (TPSA) is 104 Å². The zero-order valence-corrected chi connectivity index (χ0v) is 20.5. The predicted octanol–water partition coefficient (Wildman–Crippen LogP) is 4.24. The van der Waals surface area contributed by atoms with Gasteiger partial charge in [-0.15, -0.1) is 10.2 Å². The van der Waals surface area contributed by atoms with Crippen LogP contribution in [0.15, 0.2) is 77.2 Å². The van der Waals surface area contributed by atoms with Crippen LogP contribution in [0.5, 0.6) is 11.5 Å². The molecule has 9 nitrogen and oxygen atoms in total. The lowest BCUT2D eigenvalue weighted by Gasteiger charge is -2.10. The van der Waals surface area contributed by atoms with Crippen molar-refractivity contribution in [1.82, 2.24) is 25.2 Å². The summed E-state index contributed by atoms with van der Waals surface area (Å²) in [6, 6.07) is 16.3. The number of carbonyl (C=O) groups is 1. The van der Waals surface area contributed by atoms with Crippen molar-refractivity contribution < 1.29 is 14.3 Å². The van der Waals surface area contributed by atoms with E-state index in [4.69, 9.17) is 21.1 Å². The van der Waals surface area contributed by atoms with Gasteiger partial charge in [0.05, 0.1) is 26.2 Å². The first-order valence-corrected chi connectivity index (χ1v) is 11.7. The lowest BCUT2D eigenvalue weighted by Crippen LogP contribution is -2.20. The molecule has 4 aromatic rings. The number of hydrazone groups is 1. The molecular weight excluding hydrogens is 488 g/mol. The molecule has 0 saturated carbocycles. The number of hydrogen-bond acceptors (Lipinski definition) is 8. The van der Waals surface area contributed by atoms with Crippen molar-refractivity contribution in [3.05, 3.63) is 77.6 Å². The fourth-order valence-electron chi connectivity index (χ4n) is 3.15. The van der Waals surface area contributed by atoms with Gasteiger partial charge in [-0.2, -0.15) is 5.10 Å².